The number of hydrogen-bond donors (Lipinski definition) is 1. The molecule has 0 spiro atoms. The van der Waals surface area contributed by atoms with Crippen LogP contribution in [0.15, 0.2) is 35.5 Å². The van der Waals surface area contributed by atoms with E-state index < -0.39 is 0 Å². The van der Waals surface area contributed by atoms with E-state index in [1.165, 1.54) is 17.6 Å². The standard InChI is InChI=1S/C21H31NO2/c1-14(2)20-8-6-16(12-24-20)17-9-10-21(4,22-13-23)19-7-5-15(3)11-18(17)19/h6,11,13,17-20H,1,5,7-10,12H2,2-4H3,(H,22,23)/t17-,18-,19-,20?,21+/m1/s1. The molecule has 1 amide bonds. The first-order chi connectivity index (χ1) is 11.4. The minimum atomic E-state index is -0.0730. The second-order valence-corrected chi connectivity index (χ2v) is 8.22. The van der Waals surface area contributed by atoms with Crippen molar-refractivity contribution in [2.75, 3.05) is 6.61 Å². The van der Waals surface area contributed by atoms with Crippen molar-refractivity contribution in [2.45, 2.75) is 64.5 Å². The van der Waals surface area contributed by atoms with Gasteiger partial charge in [-0.3, -0.25) is 4.79 Å². The summed E-state index contributed by atoms with van der Waals surface area (Å²) in [5, 5.41) is 3.15. The van der Waals surface area contributed by atoms with Gasteiger partial charge in [-0.2, -0.15) is 0 Å². The molecule has 0 aromatic carbocycles. The van der Waals surface area contributed by atoms with Gasteiger partial charge in [-0.1, -0.05) is 29.9 Å². The number of carbonyl (C=O) groups is 1. The van der Waals surface area contributed by atoms with Gasteiger partial charge in [-0.05, 0) is 76.2 Å². The molecule has 1 aliphatic heterocycles. The van der Waals surface area contributed by atoms with Crippen LogP contribution in [0.1, 0.15) is 52.9 Å². The molecule has 132 valence electrons. The number of ether oxygens (including phenoxy) is 1. The Hall–Kier alpha value is -1.35. The topological polar surface area (TPSA) is 38.3 Å². The summed E-state index contributed by atoms with van der Waals surface area (Å²) in [5.41, 5.74) is 3.99. The Labute approximate surface area is 146 Å². The van der Waals surface area contributed by atoms with E-state index in [2.05, 4.69) is 37.9 Å². The molecule has 1 N–H and O–H groups in total. The summed E-state index contributed by atoms with van der Waals surface area (Å²) in [6.07, 6.45) is 11.4. The maximum atomic E-state index is 11.1. The van der Waals surface area contributed by atoms with Crippen LogP contribution in [0.25, 0.3) is 0 Å². The fourth-order valence-electron chi connectivity index (χ4n) is 5.01. The van der Waals surface area contributed by atoms with Crippen molar-refractivity contribution in [3.8, 4) is 0 Å². The maximum Gasteiger partial charge on any atom is 0.207 e. The summed E-state index contributed by atoms with van der Waals surface area (Å²) in [6.45, 7) is 11.3. The van der Waals surface area contributed by atoms with Crippen LogP contribution in [0.3, 0.4) is 0 Å². The lowest BCUT2D eigenvalue weighted by molar-refractivity contribution is -0.112. The lowest BCUT2D eigenvalue weighted by Crippen LogP contribution is -2.56. The normalized spacial score (nSPS) is 39.3. The summed E-state index contributed by atoms with van der Waals surface area (Å²) >= 11 is 0. The van der Waals surface area contributed by atoms with Crippen LogP contribution < -0.4 is 5.32 Å². The molecule has 3 heteroatoms. The first-order valence-corrected chi connectivity index (χ1v) is 9.29. The van der Waals surface area contributed by atoms with Gasteiger partial charge in [-0.15, -0.1) is 0 Å². The maximum absolute atomic E-state index is 11.1. The summed E-state index contributed by atoms with van der Waals surface area (Å²) in [7, 11) is 0. The molecule has 3 aliphatic rings. The number of allylic oxidation sites excluding steroid dienone is 2. The Morgan fingerprint density at radius 2 is 2.25 bits per heavy atom. The molecule has 3 nitrogen and oxygen atoms in total. The molecule has 3 rings (SSSR count). The van der Waals surface area contributed by atoms with Gasteiger partial charge in [0.05, 0.1) is 12.7 Å². The molecule has 0 aromatic rings. The zero-order chi connectivity index (χ0) is 17.3. The number of nitrogens with one attached hydrogen (secondary N) is 1. The Morgan fingerprint density at radius 1 is 1.46 bits per heavy atom. The van der Waals surface area contributed by atoms with E-state index in [1.54, 1.807) is 0 Å². The van der Waals surface area contributed by atoms with Gasteiger partial charge in [0, 0.05) is 5.54 Å². The van der Waals surface area contributed by atoms with Gasteiger partial charge in [0.15, 0.2) is 0 Å². The van der Waals surface area contributed by atoms with Crippen molar-refractivity contribution in [3.05, 3.63) is 35.5 Å². The van der Waals surface area contributed by atoms with Crippen LogP contribution in [-0.4, -0.2) is 24.7 Å². The molecular formula is C21H31NO2. The quantitative estimate of drug-likeness (QED) is 0.621. The summed E-state index contributed by atoms with van der Waals surface area (Å²) < 4.78 is 6.05. The van der Waals surface area contributed by atoms with E-state index in [1.807, 2.05) is 6.92 Å². The van der Waals surface area contributed by atoms with Crippen molar-refractivity contribution in [1.29, 1.82) is 0 Å². The molecule has 0 bridgehead atoms. The van der Waals surface area contributed by atoms with Crippen molar-refractivity contribution >= 4 is 6.41 Å². The van der Waals surface area contributed by atoms with Crippen LogP contribution in [0, 0.1) is 17.8 Å². The molecule has 1 saturated carbocycles. The third kappa shape index (κ3) is 3.23. The predicted octanol–water partition coefficient (Wildman–Crippen LogP) is 4.17. The van der Waals surface area contributed by atoms with E-state index in [-0.39, 0.29) is 11.6 Å². The second-order valence-electron chi connectivity index (χ2n) is 8.22. The summed E-state index contributed by atoms with van der Waals surface area (Å²) in [5.74, 6) is 1.59. The minimum Gasteiger partial charge on any atom is -0.369 e. The number of fused-ring (bicyclic) bond motifs is 1. The van der Waals surface area contributed by atoms with Crippen LogP contribution in [0.4, 0.5) is 0 Å². The molecule has 0 aromatic heterocycles. The van der Waals surface area contributed by atoms with Crippen molar-refractivity contribution in [3.63, 3.8) is 0 Å². The average molecular weight is 329 g/mol. The molecule has 1 heterocycles. The monoisotopic (exact) mass is 329 g/mol. The van der Waals surface area contributed by atoms with E-state index in [0.29, 0.717) is 17.8 Å². The fraction of sp³-hybridized carbons (Fsp3) is 0.667. The highest BCUT2D eigenvalue weighted by atomic mass is 16.5. The Kier molecular flexibility index (Phi) is 5.00. The minimum absolute atomic E-state index is 0.0730. The fourth-order valence-corrected chi connectivity index (χ4v) is 5.01. The number of rotatable bonds is 4. The Morgan fingerprint density at radius 3 is 2.88 bits per heavy atom. The molecule has 0 radical (unpaired) electrons. The third-order valence-corrected chi connectivity index (χ3v) is 6.51. The zero-order valence-electron chi connectivity index (χ0n) is 15.3. The van der Waals surface area contributed by atoms with Gasteiger partial charge >= 0.3 is 0 Å². The first kappa shape index (κ1) is 17.5. The van der Waals surface area contributed by atoms with Crippen LogP contribution in [-0.2, 0) is 9.53 Å². The van der Waals surface area contributed by atoms with E-state index in [0.717, 1.165) is 44.3 Å². The SMILES string of the molecule is C=C(C)C1CC=C([C@H]2CC[C@](C)(NC=O)[C@@H]3CCC(C)=C[C@H]23)CO1. The smallest absolute Gasteiger partial charge is 0.207 e. The third-order valence-electron chi connectivity index (χ3n) is 6.51. The van der Waals surface area contributed by atoms with Crippen LogP contribution in [0.5, 0.6) is 0 Å². The van der Waals surface area contributed by atoms with Gasteiger partial charge in [-0.25, -0.2) is 0 Å². The highest BCUT2D eigenvalue weighted by molar-refractivity contribution is 5.48. The number of amides is 1. The molecule has 2 aliphatic carbocycles. The lowest BCUT2D eigenvalue weighted by atomic mass is 9.58. The van der Waals surface area contributed by atoms with Crippen LogP contribution in [0.2, 0.25) is 0 Å². The molecule has 5 atom stereocenters. The molecule has 1 fully saturated rings. The summed E-state index contributed by atoms with van der Waals surface area (Å²) in [6, 6.07) is 0. The second kappa shape index (κ2) is 6.87. The molecule has 0 saturated heterocycles. The number of carbonyl (C=O) groups excluding carboxylic acids is 1. The lowest BCUT2D eigenvalue weighted by Gasteiger charge is -2.51. The highest BCUT2D eigenvalue weighted by Gasteiger charge is 2.47. The van der Waals surface area contributed by atoms with Crippen molar-refractivity contribution < 1.29 is 9.53 Å². The highest BCUT2D eigenvalue weighted by Crippen LogP contribution is 2.50. The van der Waals surface area contributed by atoms with Gasteiger partial charge in [0.1, 0.15) is 0 Å². The molecule has 1 unspecified atom stereocenters. The van der Waals surface area contributed by atoms with Gasteiger partial charge < -0.3 is 10.1 Å². The van der Waals surface area contributed by atoms with E-state index in [9.17, 15) is 4.79 Å². The molecule has 24 heavy (non-hydrogen) atoms. The first-order valence-electron chi connectivity index (χ1n) is 9.29. The zero-order valence-corrected chi connectivity index (χ0v) is 15.3. The predicted molar refractivity (Wildman–Crippen MR) is 97.6 cm³/mol. The molecular weight excluding hydrogens is 298 g/mol. The largest absolute Gasteiger partial charge is 0.369 e. The van der Waals surface area contributed by atoms with E-state index in [4.69, 9.17) is 4.74 Å². The van der Waals surface area contributed by atoms with Crippen LogP contribution >= 0.6 is 0 Å². The van der Waals surface area contributed by atoms with Crippen molar-refractivity contribution in [1.82, 2.24) is 5.32 Å². The Bertz CT molecular complexity index is 576. The van der Waals surface area contributed by atoms with Gasteiger partial charge in [0.2, 0.25) is 6.41 Å². The Balaban J connectivity index is 1.84. The summed E-state index contributed by atoms with van der Waals surface area (Å²) in [4.78, 5) is 11.1. The van der Waals surface area contributed by atoms with Crippen molar-refractivity contribution in [2.24, 2.45) is 17.8 Å². The van der Waals surface area contributed by atoms with E-state index >= 15 is 0 Å². The number of hydrogen-bond acceptors (Lipinski definition) is 2. The van der Waals surface area contributed by atoms with Gasteiger partial charge in [0.25, 0.3) is 0 Å². The average Bonchev–Trinajstić information content (AvgIpc) is 2.55.